The third-order valence-electron chi connectivity index (χ3n) is 11.7. The van der Waals surface area contributed by atoms with Crippen molar-refractivity contribution in [2.75, 3.05) is 68.7 Å². The van der Waals surface area contributed by atoms with Crippen LogP contribution in [-0.4, -0.2) is 83.4 Å². The van der Waals surface area contributed by atoms with Crippen LogP contribution < -0.4 is 28.4 Å². The van der Waals surface area contributed by atoms with E-state index < -0.39 is 0 Å². The van der Waals surface area contributed by atoms with Crippen LogP contribution in [0.2, 0.25) is 0 Å². The van der Waals surface area contributed by atoms with Crippen molar-refractivity contribution in [1.82, 2.24) is 14.7 Å². The molecule has 6 bridgehead atoms. The highest BCUT2D eigenvalue weighted by Gasteiger charge is 2.37. The molecule has 9 nitrogen and oxygen atoms in total. The van der Waals surface area contributed by atoms with Gasteiger partial charge < -0.3 is 28.4 Å². The molecule has 274 valence electrons. The number of hydrogen-bond donors (Lipinski definition) is 0. The minimum Gasteiger partial charge on any atom is -0.493 e. The third kappa shape index (κ3) is 6.33. The van der Waals surface area contributed by atoms with E-state index in [1.165, 1.54) is 40.7 Å². The standard InChI is InChI=1S/C43H51N3O6/c1-44-19-15-29-24-37(48-4)39-25-32(29)34(44)21-27-9-12-30(13-10-27)51-38-23-28(11-14-36(38)47-3)22-35-40-31(16-20-45(35)2)33(26-46-17-7-8-18-46)41(49-5)43(50-6)42(40)52-39/h9-14,23-25,34-35H,7-8,15-22,26H2,1-6H3. The average Bonchev–Trinajstić information content (AvgIpc) is 3.68. The molecule has 52 heavy (non-hydrogen) atoms. The predicted molar refractivity (Wildman–Crippen MR) is 202 cm³/mol. The number of likely N-dealkylation sites (tertiary alicyclic amines) is 1. The van der Waals surface area contributed by atoms with Gasteiger partial charge in [-0.15, -0.1) is 0 Å². The fraction of sp³-hybridized carbons (Fsp3) is 0.442. The van der Waals surface area contributed by atoms with Crippen LogP contribution in [0.1, 0.15) is 63.9 Å². The van der Waals surface area contributed by atoms with Crippen molar-refractivity contribution in [3.8, 4) is 46.0 Å². The maximum absolute atomic E-state index is 7.24. The lowest BCUT2D eigenvalue weighted by Gasteiger charge is -2.39. The maximum atomic E-state index is 7.24. The Morgan fingerprint density at radius 1 is 0.654 bits per heavy atom. The SMILES string of the molecule is COc1ccc2cc1Oc1ccc(cc1)CC1c3cc(c(OC)cc3CCN1C)Oc1c(OC)c(OC)c(CN3CCCC3)c3c1C(C2)N(C)CC3. The first-order valence-electron chi connectivity index (χ1n) is 18.6. The first-order valence-corrected chi connectivity index (χ1v) is 18.6. The van der Waals surface area contributed by atoms with Gasteiger partial charge in [0, 0.05) is 42.8 Å². The molecule has 0 saturated carbocycles. The van der Waals surface area contributed by atoms with Gasteiger partial charge in [-0.2, -0.15) is 0 Å². The highest BCUT2D eigenvalue weighted by molar-refractivity contribution is 5.67. The molecule has 9 heteroatoms. The number of rotatable bonds is 6. The number of ether oxygens (including phenoxy) is 6. The first kappa shape index (κ1) is 34.6. The van der Waals surface area contributed by atoms with Crippen LogP contribution in [-0.2, 0) is 32.2 Å². The van der Waals surface area contributed by atoms with Crippen molar-refractivity contribution in [2.24, 2.45) is 0 Å². The Bertz CT molecular complexity index is 1940. The summed E-state index contributed by atoms with van der Waals surface area (Å²) in [6.45, 7) is 4.85. The van der Waals surface area contributed by atoms with Gasteiger partial charge in [0.1, 0.15) is 5.75 Å². The second kappa shape index (κ2) is 14.5. The van der Waals surface area contributed by atoms with E-state index >= 15 is 0 Å². The molecule has 0 aromatic heterocycles. The summed E-state index contributed by atoms with van der Waals surface area (Å²) >= 11 is 0. The van der Waals surface area contributed by atoms with Crippen molar-refractivity contribution >= 4 is 0 Å². The van der Waals surface area contributed by atoms with E-state index in [2.05, 4.69) is 77.3 Å². The van der Waals surface area contributed by atoms with Crippen LogP contribution in [0, 0.1) is 0 Å². The molecule has 4 aromatic carbocycles. The van der Waals surface area contributed by atoms with Crippen molar-refractivity contribution in [2.45, 2.75) is 57.2 Å². The van der Waals surface area contributed by atoms with E-state index in [4.69, 9.17) is 28.4 Å². The Kier molecular flexibility index (Phi) is 9.68. The van der Waals surface area contributed by atoms with Crippen molar-refractivity contribution in [3.05, 3.63) is 93.5 Å². The van der Waals surface area contributed by atoms with Crippen LogP contribution in [0.25, 0.3) is 0 Å². The second-order valence-corrected chi connectivity index (χ2v) is 14.7. The smallest absolute Gasteiger partial charge is 0.204 e. The Hall–Kier alpha value is -4.44. The lowest BCUT2D eigenvalue weighted by molar-refractivity contribution is 0.217. The summed E-state index contributed by atoms with van der Waals surface area (Å²) in [7, 11) is 11.3. The lowest BCUT2D eigenvalue weighted by Crippen LogP contribution is -2.35. The summed E-state index contributed by atoms with van der Waals surface area (Å²) in [6, 6.07) is 19.3. The third-order valence-corrected chi connectivity index (χ3v) is 11.7. The first-order chi connectivity index (χ1) is 25.4. The molecule has 2 unspecified atom stereocenters. The largest absolute Gasteiger partial charge is 0.493 e. The summed E-state index contributed by atoms with van der Waals surface area (Å²) in [5.41, 5.74) is 8.54. The summed E-state index contributed by atoms with van der Waals surface area (Å²) in [4.78, 5) is 7.43. The fourth-order valence-corrected chi connectivity index (χ4v) is 8.84. The van der Waals surface area contributed by atoms with Crippen LogP contribution in [0.15, 0.2) is 54.6 Å². The minimum absolute atomic E-state index is 0.0159. The quantitative estimate of drug-likeness (QED) is 0.200. The Labute approximate surface area is 307 Å². The van der Waals surface area contributed by atoms with Crippen LogP contribution >= 0.6 is 0 Å². The molecule has 4 aromatic rings. The van der Waals surface area contributed by atoms with Gasteiger partial charge in [-0.25, -0.2) is 0 Å². The predicted octanol–water partition coefficient (Wildman–Crippen LogP) is 7.76. The Morgan fingerprint density at radius 3 is 2.06 bits per heavy atom. The fourth-order valence-electron chi connectivity index (χ4n) is 8.84. The Balaban J connectivity index is 1.37. The van der Waals surface area contributed by atoms with E-state index in [1.54, 1.807) is 28.4 Å². The van der Waals surface area contributed by atoms with Gasteiger partial charge in [0.05, 0.1) is 28.4 Å². The number of methoxy groups -OCH3 is 4. The molecule has 0 amide bonds. The van der Waals surface area contributed by atoms with Gasteiger partial charge in [-0.1, -0.05) is 18.2 Å². The van der Waals surface area contributed by atoms with Gasteiger partial charge in [-0.05, 0) is 130 Å². The average molecular weight is 706 g/mol. The highest BCUT2D eigenvalue weighted by Crippen LogP contribution is 2.54. The van der Waals surface area contributed by atoms with E-state index in [1.807, 2.05) is 6.07 Å². The van der Waals surface area contributed by atoms with Crippen LogP contribution in [0.5, 0.6) is 46.0 Å². The molecular weight excluding hydrogens is 654 g/mol. The van der Waals surface area contributed by atoms with Gasteiger partial charge in [0.25, 0.3) is 0 Å². The molecule has 0 N–H and O–H groups in total. The number of hydrogen-bond acceptors (Lipinski definition) is 9. The lowest BCUT2D eigenvalue weighted by atomic mass is 9.84. The molecule has 2 atom stereocenters. The van der Waals surface area contributed by atoms with Crippen LogP contribution in [0.3, 0.4) is 0 Å². The van der Waals surface area contributed by atoms with E-state index in [9.17, 15) is 0 Å². The molecular formula is C43H51N3O6. The second-order valence-electron chi connectivity index (χ2n) is 14.7. The molecule has 5 heterocycles. The molecule has 0 radical (unpaired) electrons. The minimum atomic E-state index is -0.0159. The normalized spacial score (nSPS) is 20.3. The maximum Gasteiger partial charge on any atom is 0.204 e. The zero-order valence-electron chi connectivity index (χ0n) is 31.4. The molecule has 9 rings (SSSR count). The number of nitrogens with zero attached hydrogens (tertiary/aromatic N) is 3. The van der Waals surface area contributed by atoms with Crippen molar-refractivity contribution < 1.29 is 28.4 Å². The number of benzene rings is 4. The zero-order valence-corrected chi connectivity index (χ0v) is 31.4. The number of fused-ring (bicyclic) bond motifs is 2. The summed E-state index contributed by atoms with van der Waals surface area (Å²) in [5.74, 6) is 5.64. The van der Waals surface area contributed by atoms with Gasteiger partial charge in [-0.3, -0.25) is 14.7 Å². The van der Waals surface area contributed by atoms with Gasteiger partial charge >= 0.3 is 0 Å². The zero-order chi connectivity index (χ0) is 35.9. The molecule has 5 aliphatic heterocycles. The summed E-state index contributed by atoms with van der Waals surface area (Å²) in [6.07, 6.45) is 5.83. The Morgan fingerprint density at radius 2 is 1.33 bits per heavy atom. The molecule has 1 fully saturated rings. The van der Waals surface area contributed by atoms with Gasteiger partial charge in [0.15, 0.2) is 34.5 Å². The molecule has 5 aliphatic rings. The molecule has 0 spiro atoms. The topological polar surface area (TPSA) is 65.1 Å². The number of likely N-dealkylation sites (N-methyl/N-ethyl adjacent to an activating group) is 2. The summed E-state index contributed by atoms with van der Waals surface area (Å²) < 4.78 is 38.3. The van der Waals surface area contributed by atoms with E-state index in [-0.39, 0.29) is 12.1 Å². The molecule has 0 aliphatic carbocycles. The van der Waals surface area contributed by atoms with Crippen molar-refractivity contribution in [1.29, 1.82) is 0 Å². The van der Waals surface area contributed by atoms with Crippen molar-refractivity contribution in [3.63, 3.8) is 0 Å². The molecule has 1 saturated heterocycles. The van der Waals surface area contributed by atoms with E-state index in [0.29, 0.717) is 28.7 Å². The van der Waals surface area contributed by atoms with Crippen LogP contribution in [0.4, 0.5) is 0 Å². The van der Waals surface area contributed by atoms with E-state index in [0.717, 1.165) is 86.8 Å². The monoisotopic (exact) mass is 705 g/mol. The van der Waals surface area contributed by atoms with Gasteiger partial charge in [0.2, 0.25) is 5.75 Å². The summed E-state index contributed by atoms with van der Waals surface area (Å²) in [5, 5.41) is 0. The highest BCUT2D eigenvalue weighted by atomic mass is 16.5.